The number of H-pyrrole nitrogens is 1. The number of hydrogen-bond acceptors (Lipinski definition) is 3. The molecule has 2 aromatic heterocycles. The van der Waals surface area contributed by atoms with E-state index in [1.54, 1.807) is 5.56 Å². The topological polar surface area (TPSA) is 35.2 Å². The van der Waals surface area contributed by atoms with Crippen LogP contribution >= 0.6 is 0 Å². The second kappa shape index (κ2) is 6.28. The summed E-state index contributed by atoms with van der Waals surface area (Å²) in [5.74, 6) is 0. The lowest BCUT2D eigenvalue weighted by molar-refractivity contribution is 0.0685. The highest BCUT2D eigenvalue weighted by atomic mass is 15.3. The number of hydrogen-bond donors (Lipinski definition) is 1. The first kappa shape index (κ1) is 15.1. The standard InChI is InChI=1S/C21H24N4/c1-2-4-18-17(3-1)21-19(23-18)8-12-25-14-13-24(15-20(21)25)11-7-16-5-9-22-10-6-16/h1-6,9-10,20,23H,7-8,11-15H2/t20-/m1/s1. The van der Waals surface area contributed by atoms with E-state index in [1.807, 2.05) is 12.4 Å². The molecule has 0 saturated carbocycles. The predicted octanol–water partition coefficient (Wildman–Crippen LogP) is 3.02. The molecule has 5 rings (SSSR count). The molecule has 2 aliphatic heterocycles. The Bertz CT molecular complexity index is 870. The molecule has 25 heavy (non-hydrogen) atoms. The van der Waals surface area contributed by atoms with Gasteiger partial charge in [-0.3, -0.25) is 14.8 Å². The molecule has 4 heterocycles. The second-order valence-electron chi connectivity index (χ2n) is 7.27. The summed E-state index contributed by atoms with van der Waals surface area (Å²) in [6.45, 7) is 5.81. The van der Waals surface area contributed by atoms with Crippen molar-refractivity contribution in [3.63, 3.8) is 0 Å². The molecule has 0 aliphatic carbocycles. The molecule has 1 aromatic carbocycles. The SMILES string of the molecule is c1ccc2c3c([nH]c2c1)CCN1CCN(CCc2ccncc2)C[C@H]31. The summed E-state index contributed by atoms with van der Waals surface area (Å²) in [4.78, 5) is 13.1. The number of nitrogens with one attached hydrogen (secondary N) is 1. The van der Waals surface area contributed by atoms with Crippen LogP contribution in [0.3, 0.4) is 0 Å². The third-order valence-corrected chi connectivity index (χ3v) is 5.85. The number of nitrogens with zero attached hydrogens (tertiary/aromatic N) is 3. The van der Waals surface area contributed by atoms with Crippen LogP contribution in [0, 0.1) is 0 Å². The summed E-state index contributed by atoms with van der Waals surface area (Å²) >= 11 is 0. The van der Waals surface area contributed by atoms with Gasteiger partial charge in [0.1, 0.15) is 0 Å². The number of rotatable bonds is 3. The first-order valence-electron chi connectivity index (χ1n) is 9.33. The molecular formula is C21H24N4. The minimum absolute atomic E-state index is 0.533. The van der Waals surface area contributed by atoms with Gasteiger partial charge in [0.25, 0.3) is 0 Å². The minimum Gasteiger partial charge on any atom is -0.358 e. The van der Waals surface area contributed by atoms with E-state index in [1.165, 1.54) is 41.8 Å². The van der Waals surface area contributed by atoms with Crippen molar-refractivity contribution >= 4 is 10.9 Å². The first-order valence-corrected chi connectivity index (χ1v) is 9.33. The molecule has 2 aliphatic rings. The van der Waals surface area contributed by atoms with Gasteiger partial charge in [-0.25, -0.2) is 0 Å². The van der Waals surface area contributed by atoms with Crippen LogP contribution in [0.25, 0.3) is 10.9 Å². The average Bonchev–Trinajstić information content (AvgIpc) is 3.06. The molecule has 0 amide bonds. The fourth-order valence-corrected chi connectivity index (χ4v) is 4.51. The maximum Gasteiger partial charge on any atom is 0.0499 e. The summed E-state index contributed by atoms with van der Waals surface area (Å²) in [6.07, 6.45) is 6.05. The van der Waals surface area contributed by atoms with Crippen LogP contribution < -0.4 is 0 Å². The summed E-state index contributed by atoms with van der Waals surface area (Å²) in [5, 5.41) is 1.42. The van der Waals surface area contributed by atoms with Gasteiger partial charge in [-0.1, -0.05) is 18.2 Å². The first-order chi connectivity index (χ1) is 12.4. The maximum atomic E-state index is 4.12. The molecule has 3 aromatic rings. The van der Waals surface area contributed by atoms with E-state index in [2.05, 4.69) is 56.2 Å². The molecule has 0 unspecified atom stereocenters. The zero-order valence-corrected chi connectivity index (χ0v) is 14.5. The lowest BCUT2D eigenvalue weighted by Crippen LogP contribution is -2.51. The van der Waals surface area contributed by atoms with E-state index >= 15 is 0 Å². The Morgan fingerprint density at radius 2 is 1.92 bits per heavy atom. The number of pyridine rings is 1. The fraction of sp³-hybridized carbons (Fsp3) is 0.381. The van der Waals surface area contributed by atoms with E-state index in [9.17, 15) is 0 Å². The van der Waals surface area contributed by atoms with Gasteiger partial charge in [0.15, 0.2) is 0 Å². The predicted molar refractivity (Wildman–Crippen MR) is 101 cm³/mol. The number of aromatic nitrogens is 2. The molecule has 0 spiro atoms. The number of fused-ring (bicyclic) bond motifs is 5. The summed E-state index contributed by atoms with van der Waals surface area (Å²) < 4.78 is 0. The molecule has 0 radical (unpaired) electrons. The van der Waals surface area contributed by atoms with Crippen LogP contribution in [0.2, 0.25) is 0 Å². The molecule has 4 nitrogen and oxygen atoms in total. The van der Waals surface area contributed by atoms with Gasteiger partial charge >= 0.3 is 0 Å². The maximum absolute atomic E-state index is 4.12. The van der Waals surface area contributed by atoms with E-state index < -0.39 is 0 Å². The van der Waals surface area contributed by atoms with Crippen LogP contribution in [0.1, 0.15) is 22.9 Å². The fourth-order valence-electron chi connectivity index (χ4n) is 4.51. The summed E-state index contributed by atoms with van der Waals surface area (Å²) in [6, 6.07) is 13.6. The lowest BCUT2D eigenvalue weighted by atomic mass is 9.93. The van der Waals surface area contributed by atoms with Crippen molar-refractivity contribution < 1.29 is 0 Å². The van der Waals surface area contributed by atoms with Gasteiger partial charge in [-0.05, 0) is 35.7 Å². The minimum atomic E-state index is 0.533. The Morgan fingerprint density at radius 1 is 1.04 bits per heavy atom. The normalized spacial score (nSPS) is 21.2. The number of piperazine rings is 1. The molecule has 1 saturated heterocycles. The van der Waals surface area contributed by atoms with Gasteiger partial charge < -0.3 is 4.98 Å². The third kappa shape index (κ3) is 2.75. The van der Waals surface area contributed by atoms with Crippen molar-refractivity contribution in [3.05, 3.63) is 65.6 Å². The summed E-state index contributed by atoms with van der Waals surface area (Å²) in [7, 11) is 0. The number of para-hydroxylation sites is 1. The zero-order valence-electron chi connectivity index (χ0n) is 14.5. The van der Waals surface area contributed by atoms with Crippen molar-refractivity contribution in [1.82, 2.24) is 19.8 Å². The smallest absolute Gasteiger partial charge is 0.0499 e. The Balaban J connectivity index is 1.38. The third-order valence-electron chi connectivity index (χ3n) is 5.85. The molecule has 1 N–H and O–H groups in total. The number of benzene rings is 1. The monoisotopic (exact) mass is 332 g/mol. The molecular weight excluding hydrogens is 308 g/mol. The Morgan fingerprint density at radius 3 is 2.84 bits per heavy atom. The van der Waals surface area contributed by atoms with Crippen molar-refractivity contribution in [3.8, 4) is 0 Å². The van der Waals surface area contributed by atoms with Crippen LogP contribution in [0.5, 0.6) is 0 Å². The zero-order chi connectivity index (χ0) is 16.6. The average molecular weight is 332 g/mol. The van der Waals surface area contributed by atoms with E-state index in [-0.39, 0.29) is 0 Å². The second-order valence-corrected chi connectivity index (χ2v) is 7.27. The highest BCUT2D eigenvalue weighted by molar-refractivity contribution is 5.85. The van der Waals surface area contributed by atoms with Crippen molar-refractivity contribution in [2.24, 2.45) is 0 Å². The molecule has 1 fully saturated rings. The van der Waals surface area contributed by atoms with Gasteiger partial charge in [0.2, 0.25) is 0 Å². The molecule has 1 atom stereocenters. The Kier molecular flexibility index (Phi) is 3.80. The van der Waals surface area contributed by atoms with E-state index in [0.717, 1.165) is 25.9 Å². The van der Waals surface area contributed by atoms with Gasteiger partial charge in [-0.15, -0.1) is 0 Å². The van der Waals surface area contributed by atoms with E-state index in [4.69, 9.17) is 0 Å². The largest absolute Gasteiger partial charge is 0.358 e. The van der Waals surface area contributed by atoms with Crippen LogP contribution in [0.4, 0.5) is 0 Å². The van der Waals surface area contributed by atoms with E-state index in [0.29, 0.717) is 6.04 Å². The quantitative estimate of drug-likeness (QED) is 0.801. The lowest BCUT2D eigenvalue weighted by Gasteiger charge is -2.44. The van der Waals surface area contributed by atoms with Gasteiger partial charge in [-0.2, -0.15) is 0 Å². The highest BCUT2D eigenvalue weighted by Gasteiger charge is 2.34. The number of aromatic amines is 1. The molecule has 128 valence electrons. The molecule has 0 bridgehead atoms. The Labute approximate surface area is 148 Å². The van der Waals surface area contributed by atoms with Crippen molar-refractivity contribution in [2.75, 3.05) is 32.7 Å². The van der Waals surface area contributed by atoms with Gasteiger partial charge in [0.05, 0.1) is 0 Å². The van der Waals surface area contributed by atoms with Crippen LogP contribution in [-0.2, 0) is 12.8 Å². The van der Waals surface area contributed by atoms with Crippen LogP contribution in [0.15, 0.2) is 48.8 Å². The summed E-state index contributed by atoms with van der Waals surface area (Å²) in [5.41, 5.74) is 5.69. The van der Waals surface area contributed by atoms with Crippen molar-refractivity contribution in [1.29, 1.82) is 0 Å². The van der Waals surface area contributed by atoms with Crippen molar-refractivity contribution in [2.45, 2.75) is 18.9 Å². The highest BCUT2D eigenvalue weighted by Crippen LogP contribution is 2.37. The van der Waals surface area contributed by atoms with Crippen LogP contribution in [-0.4, -0.2) is 52.5 Å². The Hall–Kier alpha value is -2.17. The van der Waals surface area contributed by atoms with Gasteiger partial charge in [0, 0.05) is 74.2 Å². The molecule has 4 heteroatoms.